The van der Waals surface area contributed by atoms with Gasteiger partial charge in [0.2, 0.25) is 5.91 Å². The Morgan fingerprint density at radius 3 is 2.46 bits per heavy atom. The molecule has 1 heterocycles. The SMILES string of the molecule is CC(NC(=O)CSC(C)c1nc2ccccc2[nH]1)c1ccc(S(C)(=O)=O)cc1. The molecule has 0 spiro atoms. The number of rotatable bonds is 7. The predicted octanol–water partition coefficient (Wildman–Crippen LogP) is 3.64. The Hall–Kier alpha value is -2.32. The molecule has 0 saturated heterocycles. The van der Waals surface area contributed by atoms with Crippen LogP contribution in [0.4, 0.5) is 0 Å². The zero-order valence-electron chi connectivity index (χ0n) is 16.0. The molecule has 0 aliphatic heterocycles. The average molecular weight is 418 g/mol. The van der Waals surface area contributed by atoms with E-state index in [9.17, 15) is 13.2 Å². The Morgan fingerprint density at radius 1 is 1.14 bits per heavy atom. The number of benzene rings is 2. The lowest BCUT2D eigenvalue weighted by Crippen LogP contribution is -2.28. The van der Waals surface area contributed by atoms with Crippen molar-refractivity contribution in [1.82, 2.24) is 15.3 Å². The first kappa shape index (κ1) is 20.4. The summed E-state index contributed by atoms with van der Waals surface area (Å²) in [6, 6.07) is 14.2. The highest BCUT2D eigenvalue weighted by Gasteiger charge is 2.15. The maximum absolute atomic E-state index is 12.3. The van der Waals surface area contributed by atoms with Gasteiger partial charge in [-0.05, 0) is 43.7 Å². The number of hydrogen-bond donors (Lipinski definition) is 2. The third kappa shape index (κ3) is 4.94. The lowest BCUT2D eigenvalue weighted by Gasteiger charge is -2.15. The van der Waals surface area contributed by atoms with Crippen LogP contribution in [0.2, 0.25) is 0 Å². The molecule has 6 nitrogen and oxygen atoms in total. The second kappa shape index (κ2) is 8.36. The number of fused-ring (bicyclic) bond motifs is 1. The third-order valence-corrected chi connectivity index (χ3v) is 6.72. The summed E-state index contributed by atoms with van der Waals surface area (Å²) in [5, 5.41) is 3.01. The van der Waals surface area contributed by atoms with Gasteiger partial charge in [-0.2, -0.15) is 0 Å². The first-order valence-electron chi connectivity index (χ1n) is 8.89. The lowest BCUT2D eigenvalue weighted by molar-refractivity contribution is -0.119. The van der Waals surface area contributed by atoms with Crippen LogP contribution in [0.5, 0.6) is 0 Å². The summed E-state index contributed by atoms with van der Waals surface area (Å²) < 4.78 is 23.1. The van der Waals surface area contributed by atoms with Crippen LogP contribution in [0, 0.1) is 0 Å². The molecule has 2 N–H and O–H groups in total. The molecule has 3 rings (SSSR count). The fourth-order valence-corrected chi connectivity index (χ4v) is 4.20. The molecule has 0 aliphatic carbocycles. The summed E-state index contributed by atoms with van der Waals surface area (Å²) in [7, 11) is -3.22. The second-order valence-corrected chi connectivity index (χ2v) is 10.1. The number of aromatic nitrogens is 2. The van der Waals surface area contributed by atoms with Gasteiger partial charge in [-0.3, -0.25) is 4.79 Å². The van der Waals surface area contributed by atoms with E-state index in [4.69, 9.17) is 0 Å². The summed E-state index contributed by atoms with van der Waals surface area (Å²) in [6.07, 6.45) is 1.17. The van der Waals surface area contributed by atoms with Crippen molar-refractivity contribution in [3.05, 3.63) is 59.9 Å². The second-order valence-electron chi connectivity index (χ2n) is 6.72. The van der Waals surface area contributed by atoms with Gasteiger partial charge in [-0.1, -0.05) is 24.3 Å². The minimum absolute atomic E-state index is 0.0579. The molecule has 0 bridgehead atoms. The highest BCUT2D eigenvalue weighted by Crippen LogP contribution is 2.27. The summed E-state index contributed by atoms with van der Waals surface area (Å²) in [5.74, 6) is 1.08. The highest BCUT2D eigenvalue weighted by atomic mass is 32.2. The number of H-pyrrole nitrogens is 1. The summed E-state index contributed by atoms with van der Waals surface area (Å²) in [5.41, 5.74) is 2.76. The molecule has 148 valence electrons. The molecule has 0 saturated carbocycles. The van der Waals surface area contributed by atoms with Gasteiger partial charge in [0.05, 0.1) is 33.0 Å². The van der Waals surface area contributed by atoms with Crippen molar-refractivity contribution >= 4 is 38.5 Å². The maximum atomic E-state index is 12.3. The van der Waals surface area contributed by atoms with Gasteiger partial charge in [-0.25, -0.2) is 13.4 Å². The monoisotopic (exact) mass is 417 g/mol. The van der Waals surface area contributed by atoms with E-state index >= 15 is 0 Å². The molecular formula is C20H23N3O3S2. The lowest BCUT2D eigenvalue weighted by atomic mass is 10.1. The molecule has 0 radical (unpaired) electrons. The third-order valence-electron chi connectivity index (χ3n) is 4.44. The molecule has 28 heavy (non-hydrogen) atoms. The quantitative estimate of drug-likeness (QED) is 0.612. The number of carbonyl (C=O) groups excluding carboxylic acids is 1. The summed E-state index contributed by atoms with van der Waals surface area (Å²) in [6.45, 7) is 3.89. The van der Waals surface area contributed by atoms with Gasteiger partial charge in [-0.15, -0.1) is 11.8 Å². The van der Waals surface area contributed by atoms with Gasteiger partial charge in [0.25, 0.3) is 0 Å². The number of imidazole rings is 1. The van der Waals surface area contributed by atoms with Crippen LogP contribution in [0.1, 0.15) is 36.5 Å². The van der Waals surface area contributed by atoms with Crippen molar-refractivity contribution in [2.45, 2.75) is 30.0 Å². The van der Waals surface area contributed by atoms with Gasteiger partial charge in [0.15, 0.2) is 9.84 Å². The van der Waals surface area contributed by atoms with Crippen molar-refractivity contribution in [2.24, 2.45) is 0 Å². The molecule has 1 aromatic heterocycles. The van der Waals surface area contributed by atoms with E-state index < -0.39 is 9.84 Å². The zero-order valence-corrected chi connectivity index (χ0v) is 17.6. The van der Waals surface area contributed by atoms with Crippen molar-refractivity contribution in [3.63, 3.8) is 0 Å². The van der Waals surface area contributed by atoms with E-state index in [1.165, 1.54) is 18.0 Å². The largest absolute Gasteiger partial charge is 0.349 e. The molecule has 0 aliphatic rings. The fourth-order valence-electron chi connectivity index (χ4n) is 2.81. The number of hydrogen-bond acceptors (Lipinski definition) is 5. The first-order valence-corrected chi connectivity index (χ1v) is 11.8. The Bertz CT molecular complexity index is 1040. The molecule has 2 atom stereocenters. The number of sulfone groups is 1. The Kier molecular flexibility index (Phi) is 6.10. The smallest absolute Gasteiger partial charge is 0.230 e. The Balaban J connectivity index is 1.54. The number of amides is 1. The number of para-hydroxylation sites is 2. The molecule has 3 aromatic rings. The maximum Gasteiger partial charge on any atom is 0.230 e. The standard InChI is InChI=1S/C20H23N3O3S2/c1-13(15-8-10-16(11-9-15)28(3,25)26)21-19(24)12-27-14(2)20-22-17-6-4-5-7-18(17)23-20/h4-11,13-14H,12H2,1-3H3,(H,21,24)(H,22,23). The minimum atomic E-state index is -3.22. The van der Waals surface area contributed by atoms with Gasteiger partial charge >= 0.3 is 0 Å². The van der Waals surface area contributed by atoms with Crippen LogP contribution in [-0.4, -0.2) is 36.3 Å². The van der Waals surface area contributed by atoms with E-state index in [1.54, 1.807) is 24.3 Å². The summed E-state index contributed by atoms with van der Waals surface area (Å²) >= 11 is 1.51. The van der Waals surface area contributed by atoms with Crippen molar-refractivity contribution in [3.8, 4) is 0 Å². The van der Waals surface area contributed by atoms with Crippen LogP contribution in [0.3, 0.4) is 0 Å². The topological polar surface area (TPSA) is 91.9 Å². The van der Waals surface area contributed by atoms with E-state index in [0.29, 0.717) is 5.75 Å². The predicted molar refractivity (Wildman–Crippen MR) is 113 cm³/mol. The van der Waals surface area contributed by atoms with E-state index in [2.05, 4.69) is 15.3 Å². The first-order chi connectivity index (χ1) is 13.2. The van der Waals surface area contributed by atoms with Crippen molar-refractivity contribution < 1.29 is 13.2 Å². The number of nitrogens with one attached hydrogen (secondary N) is 2. The van der Waals surface area contributed by atoms with Crippen LogP contribution >= 0.6 is 11.8 Å². The Labute approximate surface area is 169 Å². The normalized spacial score (nSPS) is 14.0. The zero-order chi connectivity index (χ0) is 20.3. The van der Waals surface area contributed by atoms with Gasteiger partial charge in [0.1, 0.15) is 5.82 Å². The fraction of sp³-hybridized carbons (Fsp3) is 0.300. The van der Waals surface area contributed by atoms with Crippen LogP contribution in [-0.2, 0) is 14.6 Å². The number of nitrogens with zero attached hydrogens (tertiary/aromatic N) is 1. The van der Waals surface area contributed by atoms with E-state index in [-0.39, 0.29) is 22.1 Å². The molecule has 2 aromatic carbocycles. The van der Waals surface area contributed by atoms with Gasteiger partial charge in [0, 0.05) is 6.26 Å². The molecule has 0 fully saturated rings. The van der Waals surface area contributed by atoms with Crippen LogP contribution < -0.4 is 5.32 Å². The molecular weight excluding hydrogens is 394 g/mol. The van der Waals surface area contributed by atoms with Crippen LogP contribution in [0.25, 0.3) is 11.0 Å². The number of thioether (sulfide) groups is 1. The van der Waals surface area contributed by atoms with Crippen molar-refractivity contribution in [1.29, 1.82) is 0 Å². The highest BCUT2D eigenvalue weighted by molar-refractivity contribution is 8.00. The molecule has 2 unspecified atom stereocenters. The van der Waals surface area contributed by atoms with Crippen LogP contribution in [0.15, 0.2) is 53.4 Å². The molecule has 8 heteroatoms. The average Bonchev–Trinajstić information content (AvgIpc) is 3.10. The molecule has 1 amide bonds. The van der Waals surface area contributed by atoms with E-state index in [1.807, 2.05) is 38.1 Å². The number of carbonyl (C=O) groups is 1. The van der Waals surface area contributed by atoms with E-state index in [0.717, 1.165) is 22.4 Å². The van der Waals surface area contributed by atoms with Gasteiger partial charge < -0.3 is 10.3 Å². The Morgan fingerprint density at radius 2 is 1.82 bits per heavy atom. The van der Waals surface area contributed by atoms with Crippen molar-refractivity contribution in [2.75, 3.05) is 12.0 Å². The minimum Gasteiger partial charge on any atom is -0.349 e. The number of aromatic amines is 1. The summed E-state index contributed by atoms with van der Waals surface area (Å²) in [4.78, 5) is 20.4.